The second-order valence-corrected chi connectivity index (χ2v) is 8.61. The number of imidazole rings is 1. The van der Waals surface area contributed by atoms with Crippen molar-refractivity contribution in [1.29, 1.82) is 0 Å². The maximum absolute atomic E-state index is 5.45. The number of hydrogen-bond acceptors (Lipinski definition) is 6. The van der Waals surface area contributed by atoms with Crippen molar-refractivity contribution in [3.8, 4) is 23.0 Å². The Hall–Kier alpha value is -3.97. The predicted octanol–water partition coefficient (Wildman–Crippen LogP) is 4.81. The molecule has 1 aliphatic rings. The van der Waals surface area contributed by atoms with Crippen LogP contribution in [0.4, 0.5) is 5.95 Å². The van der Waals surface area contributed by atoms with Gasteiger partial charge in [0.2, 0.25) is 5.95 Å². The van der Waals surface area contributed by atoms with Gasteiger partial charge < -0.3 is 15.4 Å². The van der Waals surface area contributed by atoms with Gasteiger partial charge >= 0.3 is 0 Å². The molecular formula is C27H26N6O. The summed E-state index contributed by atoms with van der Waals surface area (Å²) in [7, 11) is 1.67. The Labute approximate surface area is 197 Å². The lowest BCUT2D eigenvalue weighted by molar-refractivity contribution is 0.415. The third kappa shape index (κ3) is 3.84. The molecule has 2 N–H and O–H groups in total. The maximum Gasteiger partial charge on any atom is 0.224 e. The molecule has 2 aromatic heterocycles. The van der Waals surface area contributed by atoms with Crippen molar-refractivity contribution in [2.24, 2.45) is 0 Å². The van der Waals surface area contributed by atoms with Crippen LogP contribution in [0.25, 0.3) is 39.0 Å². The van der Waals surface area contributed by atoms with Crippen LogP contribution in [0.1, 0.15) is 12.8 Å². The number of anilines is 1. The molecule has 3 aromatic carbocycles. The van der Waals surface area contributed by atoms with E-state index >= 15 is 0 Å². The number of fused-ring (bicyclic) bond motifs is 2. The van der Waals surface area contributed by atoms with Gasteiger partial charge in [0.15, 0.2) is 0 Å². The van der Waals surface area contributed by atoms with Gasteiger partial charge in [0.05, 0.1) is 18.1 Å². The number of ether oxygens (including phenoxy) is 1. The highest BCUT2D eigenvalue weighted by Crippen LogP contribution is 2.31. The zero-order chi connectivity index (χ0) is 22.9. The van der Waals surface area contributed by atoms with Gasteiger partial charge in [0, 0.05) is 30.4 Å². The van der Waals surface area contributed by atoms with Gasteiger partial charge in [0.25, 0.3) is 0 Å². The minimum absolute atomic E-state index is 0.327. The molecule has 0 aliphatic carbocycles. The number of methoxy groups -OCH3 is 1. The van der Waals surface area contributed by atoms with E-state index in [0.717, 1.165) is 59.9 Å². The first-order valence-corrected chi connectivity index (χ1v) is 11.6. The van der Waals surface area contributed by atoms with Gasteiger partial charge in [-0.1, -0.05) is 36.4 Å². The standard InChI is InChI=1S/C27H26N6O/c1-34-22-10-11-24-23(16-22)31-26(20-9-8-18-5-2-3-6-19(18)15-20)33(24)25-12-14-29-27(32-25)30-21-7-4-13-28-17-21/h2-3,5-6,8-12,14-16,21,28H,4,7,13,17H2,1H3,(H,29,30,32)/t21-/m0/s1. The summed E-state index contributed by atoms with van der Waals surface area (Å²) < 4.78 is 7.56. The molecule has 1 atom stereocenters. The van der Waals surface area contributed by atoms with Gasteiger partial charge in [-0.15, -0.1) is 0 Å². The number of benzene rings is 3. The lowest BCUT2D eigenvalue weighted by atomic mass is 10.1. The maximum atomic E-state index is 5.45. The normalized spacial score (nSPS) is 16.1. The van der Waals surface area contributed by atoms with Crippen molar-refractivity contribution in [3.63, 3.8) is 0 Å². The van der Waals surface area contributed by atoms with Crippen LogP contribution in [-0.4, -0.2) is 45.8 Å². The second kappa shape index (κ2) is 8.76. The van der Waals surface area contributed by atoms with Crippen LogP contribution in [0, 0.1) is 0 Å². The molecule has 0 amide bonds. The van der Waals surface area contributed by atoms with Crippen LogP contribution in [0.5, 0.6) is 5.75 Å². The van der Waals surface area contributed by atoms with Gasteiger partial charge in [0.1, 0.15) is 17.4 Å². The van der Waals surface area contributed by atoms with E-state index in [4.69, 9.17) is 14.7 Å². The number of aromatic nitrogens is 4. The van der Waals surface area contributed by atoms with Gasteiger partial charge in [-0.05, 0) is 54.4 Å². The van der Waals surface area contributed by atoms with E-state index in [2.05, 4.69) is 62.6 Å². The van der Waals surface area contributed by atoms with E-state index in [1.807, 2.05) is 24.3 Å². The topological polar surface area (TPSA) is 76.9 Å². The largest absolute Gasteiger partial charge is 0.497 e. The number of hydrogen-bond donors (Lipinski definition) is 2. The van der Waals surface area contributed by atoms with Crippen LogP contribution in [0.2, 0.25) is 0 Å². The van der Waals surface area contributed by atoms with Gasteiger partial charge in [-0.3, -0.25) is 4.57 Å². The molecule has 0 unspecified atom stereocenters. The summed E-state index contributed by atoms with van der Waals surface area (Å²) in [6, 6.07) is 23.0. The Morgan fingerprint density at radius 2 is 1.91 bits per heavy atom. The fourth-order valence-electron chi connectivity index (χ4n) is 4.64. The fourth-order valence-corrected chi connectivity index (χ4v) is 4.64. The van der Waals surface area contributed by atoms with Crippen molar-refractivity contribution in [1.82, 2.24) is 24.8 Å². The van der Waals surface area contributed by atoms with Crippen LogP contribution in [0.15, 0.2) is 72.9 Å². The number of nitrogens with zero attached hydrogens (tertiary/aromatic N) is 4. The first-order chi connectivity index (χ1) is 16.8. The SMILES string of the molecule is COc1ccc2c(c1)nc(-c1ccc3ccccc3c1)n2-c1ccnc(N[C@H]2CCCNC2)n1. The van der Waals surface area contributed by atoms with Crippen LogP contribution in [-0.2, 0) is 0 Å². The first-order valence-electron chi connectivity index (χ1n) is 11.6. The molecule has 1 fully saturated rings. The lowest BCUT2D eigenvalue weighted by Gasteiger charge is -2.23. The summed E-state index contributed by atoms with van der Waals surface area (Å²) in [5, 5.41) is 9.30. The van der Waals surface area contributed by atoms with E-state index in [-0.39, 0.29) is 0 Å². The number of rotatable bonds is 5. The third-order valence-corrected chi connectivity index (χ3v) is 6.37. The summed E-state index contributed by atoms with van der Waals surface area (Å²) in [5.41, 5.74) is 2.85. The van der Waals surface area contributed by atoms with Crippen LogP contribution in [0.3, 0.4) is 0 Å². The average molecular weight is 451 g/mol. The Morgan fingerprint density at radius 1 is 1.00 bits per heavy atom. The van der Waals surface area contributed by atoms with Crippen molar-refractivity contribution in [2.75, 3.05) is 25.5 Å². The highest BCUT2D eigenvalue weighted by Gasteiger charge is 2.18. The summed E-state index contributed by atoms with van der Waals surface area (Å²) in [6.45, 7) is 1.99. The minimum Gasteiger partial charge on any atom is -0.497 e. The Kier molecular flexibility index (Phi) is 5.31. The Balaban J connectivity index is 1.49. The fraction of sp³-hybridized carbons (Fsp3) is 0.222. The Bertz CT molecular complexity index is 1470. The highest BCUT2D eigenvalue weighted by molar-refractivity contribution is 5.89. The molecule has 0 radical (unpaired) electrons. The lowest BCUT2D eigenvalue weighted by Crippen LogP contribution is -2.38. The molecule has 3 heterocycles. The molecule has 1 saturated heterocycles. The van der Waals surface area contributed by atoms with Crippen LogP contribution >= 0.6 is 0 Å². The smallest absolute Gasteiger partial charge is 0.224 e. The summed E-state index contributed by atoms with van der Waals surface area (Å²) >= 11 is 0. The van der Waals surface area contributed by atoms with Crippen molar-refractivity contribution >= 4 is 27.8 Å². The van der Waals surface area contributed by atoms with Gasteiger partial charge in [-0.2, -0.15) is 4.98 Å². The van der Waals surface area contributed by atoms with E-state index in [9.17, 15) is 0 Å². The Morgan fingerprint density at radius 3 is 2.76 bits per heavy atom. The molecule has 0 saturated carbocycles. The molecule has 5 aromatic rings. The zero-order valence-corrected chi connectivity index (χ0v) is 19.0. The molecule has 34 heavy (non-hydrogen) atoms. The van der Waals surface area contributed by atoms with E-state index in [0.29, 0.717) is 12.0 Å². The molecule has 7 nitrogen and oxygen atoms in total. The van der Waals surface area contributed by atoms with Crippen molar-refractivity contribution in [3.05, 3.63) is 72.9 Å². The van der Waals surface area contributed by atoms with Crippen LogP contribution < -0.4 is 15.4 Å². The van der Waals surface area contributed by atoms with Crippen molar-refractivity contribution in [2.45, 2.75) is 18.9 Å². The molecule has 0 spiro atoms. The molecular weight excluding hydrogens is 424 g/mol. The molecule has 7 heteroatoms. The molecule has 6 rings (SSSR count). The zero-order valence-electron chi connectivity index (χ0n) is 19.0. The van der Waals surface area contributed by atoms with E-state index in [1.165, 1.54) is 10.8 Å². The highest BCUT2D eigenvalue weighted by atomic mass is 16.5. The van der Waals surface area contributed by atoms with Gasteiger partial charge in [-0.25, -0.2) is 9.97 Å². The first kappa shape index (κ1) is 20.6. The summed E-state index contributed by atoms with van der Waals surface area (Å²) in [5.74, 6) is 3.01. The van der Waals surface area contributed by atoms with Crippen molar-refractivity contribution < 1.29 is 4.74 Å². The summed E-state index contributed by atoms with van der Waals surface area (Å²) in [6.07, 6.45) is 4.06. The molecule has 0 bridgehead atoms. The summed E-state index contributed by atoms with van der Waals surface area (Å²) in [4.78, 5) is 14.4. The number of piperidine rings is 1. The number of nitrogens with one attached hydrogen (secondary N) is 2. The molecule has 1 aliphatic heterocycles. The third-order valence-electron chi connectivity index (χ3n) is 6.37. The predicted molar refractivity (Wildman–Crippen MR) is 136 cm³/mol. The molecule has 170 valence electrons. The average Bonchev–Trinajstić information content (AvgIpc) is 3.28. The minimum atomic E-state index is 0.327. The monoisotopic (exact) mass is 450 g/mol. The van der Waals surface area contributed by atoms with E-state index in [1.54, 1.807) is 13.3 Å². The quantitative estimate of drug-likeness (QED) is 0.400. The van der Waals surface area contributed by atoms with E-state index < -0.39 is 0 Å². The second-order valence-electron chi connectivity index (χ2n) is 8.61.